The van der Waals surface area contributed by atoms with E-state index >= 15 is 0 Å². The van der Waals surface area contributed by atoms with Crippen molar-refractivity contribution in [3.05, 3.63) is 41.5 Å². The molecule has 6 heteroatoms. The summed E-state index contributed by atoms with van der Waals surface area (Å²) in [5, 5.41) is 0. The van der Waals surface area contributed by atoms with E-state index in [1.807, 2.05) is 30.4 Å². The first-order valence-corrected chi connectivity index (χ1v) is 7.32. The standard InChI is InChI=1S/C17H22O6/c1-18-11-6-7-12-13(10-11)17(15(21-4)22-5)9-8-16(12,23-17)14(19-2)20-3/h6-10,14-15H,1-5H3. The van der Waals surface area contributed by atoms with Gasteiger partial charge in [0.15, 0.2) is 23.8 Å². The second-order valence-electron chi connectivity index (χ2n) is 5.54. The molecule has 2 aliphatic heterocycles. The number of methoxy groups -OCH3 is 5. The van der Waals surface area contributed by atoms with Gasteiger partial charge in [0.1, 0.15) is 5.75 Å². The van der Waals surface area contributed by atoms with Gasteiger partial charge < -0.3 is 28.4 Å². The van der Waals surface area contributed by atoms with Gasteiger partial charge in [-0.2, -0.15) is 0 Å². The van der Waals surface area contributed by atoms with Gasteiger partial charge in [0.2, 0.25) is 0 Å². The van der Waals surface area contributed by atoms with Crippen LogP contribution in [0, 0.1) is 0 Å². The van der Waals surface area contributed by atoms with Crippen LogP contribution in [-0.2, 0) is 34.9 Å². The molecule has 6 nitrogen and oxygen atoms in total. The summed E-state index contributed by atoms with van der Waals surface area (Å²) < 4.78 is 33.8. The second kappa shape index (κ2) is 5.89. The Morgan fingerprint density at radius 2 is 1.30 bits per heavy atom. The molecule has 0 amide bonds. The van der Waals surface area contributed by atoms with Crippen molar-refractivity contribution < 1.29 is 28.4 Å². The van der Waals surface area contributed by atoms with E-state index in [4.69, 9.17) is 28.4 Å². The largest absolute Gasteiger partial charge is 0.497 e. The number of hydrogen-bond donors (Lipinski definition) is 0. The van der Waals surface area contributed by atoms with Crippen LogP contribution in [0.1, 0.15) is 11.1 Å². The average Bonchev–Trinajstić information content (AvgIpc) is 3.10. The fraction of sp³-hybridized carbons (Fsp3) is 0.529. The lowest BCUT2D eigenvalue weighted by Crippen LogP contribution is -2.42. The minimum atomic E-state index is -0.872. The molecule has 126 valence electrons. The van der Waals surface area contributed by atoms with E-state index in [9.17, 15) is 0 Å². The van der Waals surface area contributed by atoms with Crippen molar-refractivity contribution in [1.82, 2.24) is 0 Å². The second-order valence-corrected chi connectivity index (χ2v) is 5.54. The summed E-state index contributed by atoms with van der Waals surface area (Å²) in [6.45, 7) is 0. The number of ether oxygens (including phenoxy) is 6. The van der Waals surface area contributed by atoms with Crippen molar-refractivity contribution >= 4 is 0 Å². The van der Waals surface area contributed by atoms with Crippen LogP contribution in [-0.4, -0.2) is 48.1 Å². The van der Waals surface area contributed by atoms with Crippen molar-refractivity contribution in [2.24, 2.45) is 0 Å². The summed E-state index contributed by atoms with van der Waals surface area (Å²) >= 11 is 0. The number of benzene rings is 1. The van der Waals surface area contributed by atoms with E-state index in [1.54, 1.807) is 35.5 Å². The number of fused-ring (bicyclic) bond motifs is 5. The van der Waals surface area contributed by atoms with Gasteiger partial charge >= 0.3 is 0 Å². The zero-order valence-corrected chi connectivity index (χ0v) is 14.0. The van der Waals surface area contributed by atoms with Crippen LogP contribution < -0.4 is 4.74 Å². The quantitative estimate of drug-likeness (QED) is 0.565. The van der Waals surface area contributed by atoms with Gasteiger partial charge in [-0.3, -0.25) is 0 Å². The van der Waals surface area contributed by atoms with Gasteiger partial charge in [-0.25, -0.2) is 0 Å². The molecule has 23 heavy (non-hydrogen) atoms. The SMILES string of the molecule is COc1ccc2c(c1)C1(C(OC)OC)C=CC2(C(OC)OC)O1. The maximum atomic E-state index is 6.44. The lowest BCUT2D eigenvalue weighted by atomic mass is 9.81. The van der Waals surface area contributed by atoms with E-state index in [-0.39, 0.29) is 0 Å². The average molecular weight is 322 g/mol. The van der Waals surface area contributed by atoms with Gasteiger partial charge in [-0.15, -0.1) is 0 Å². The van der Waals surface area contributed by atoms with Crippen LogP contribution >= 0.6 is 0 Å². The van der Waals surface area contributed by atoms with Crippen LogP contribution in [0.2, 0.25) is 0 Å². The minimum Gasteiger partial charge on any atom is -0.497 e. The molecule has 0 aliphatic carbocycles. The van der Waals surface area contributed by atoms with Crippen molar-refractivity contribution in [1.29, 1.82) is 0 Å². The Balaban J connectivity index is 2.19. The molecule has 0 spiro atoms. The topological polar surface area (TPSA) is 55.4 Å². The summed E-state index contributed by atoms with van der Waals surface area (Å²) in [6.07, 6.45) is 2.69. The van der Waals surface area contributed by atoms with Crippen LogP contribution in [0.4, 0.5) is 0 Å². The highest BCUT2D eigenvalue weighted by molar-refractivity contribution is 5.55. The van der Waals surface area contributed by atoms with Gasteiger partial charge in [0.25, 0.3) is 0 Å². The third-order valence-electron chi connectivity index (χ3n) is 4.54. The van der Waals surface area contributed by atoms with Crippen LogP contribution in [0.5, 0.6) is 5.75 Å². The fourth-order valence-corrected chi connectivity index (χ4v) is 3.60. The molecule has 1 aromatic carbocycles. The molecule has 0 saturated heterocycles. The van der Waals surface area contributed by atoms with Crippen LogP contribution in [0.25, 0.3) is 0 Å². The third-order valence-corrected chi connectivity index (χ3v) is 4.54. The predicted octanol–water partition coefficient (Wildman–Crippen LogP) is 1.92. The van der Waals surface area contributed by atoms with Gasteiger partial charge in [0.05, 0.1) is 7.11 Å². The summed E-state index contributed by atoms with van der Waals surface area (Å²) in [4.78, 5) is 0. The normalized spacial score (nSPS) is 28.0. The molecule has 3 rings (SSSR count). The Bertz CT molecular complexity index is 607. The van der Waals surface area contributed by atoms with E-state index < -0.39 is 23.8 Å². The highest BCUT2D eigenvalue weighted by Gasteiger charge is 2.63. The molecule has 0 N–H and O–H groups in total. The smallest absolute Gasteiger partial charge is 0.194 e. The zero-order chi connectivity index (χ0) is 16.7. The molecular weight excluding hydrogens is 300 g/mol. The van der Waals surface area contributed by atoms with Crippen LogP contribution in [0.15, 0.2) is 30.4 Å². The number of rotatable bonds is 7. The maximum Gasteiger partial charge on any atom is 0.194 e. The Morgan fingerprint density at radius 3 is 1.78 bits per heavy atom. The molecule has 1 aromatic rings. The molecule has 0 radical (unpaired) electrons. The lowest BCUT2D eigenvalue weighted by molar-refractivity contribution is -0.276. The molecule has 2 heterocycles. The van der Waals surface area contributed by atoms with Gasteiger partial charge in [-0.05, 0) is 29.8 Å². The monoisotopic (exact) mass is 322 g/mol. The first-order valence-electron chi connectivity index (χ1n) is 7.32. The first-order chi connectivity index (χ1) is 11.1. The maximum absolute atomic E-state index is 6.44. The van der Waals surface area contributed by atoms with Crippen molar-refractivity contribution in [3.63, 3.8) is 0 Å². The van der Waals surface area contributed by atoms with E-state index in [0.717, 1.165) is 16.9 Å². The van der Waals surface area contributed by atoms with E-state index in [0.29, 0.717) is 0 Å². The van der Waals surface area contributed by atoms with Crippen molar-refractivity contribution in [2.75, 3.05) is 35.5 Å². The zero-order valence-electron chi connectivity index (χ0n) is 14.0. The minimum absolute atomic E-state index is 0.593. The lowest BCUT2D eigenvalue weighted by Gasteiger charge is -2.33. The van der Waals surface area contributed by atoms with Gasteiger partial charge in [-0.1, -0.05) is 6.07 Å². The first kappa shape index (κ1) is 16.4. The van der Waals surface area contributed by atoms with Gasteiger partial charge in [0, 0.05) is 34.0 Å². The van der Waals surface area contributed by atoms with Crippen molar-refractivity contribution in [3.8, 4) is 5.75 Å². The Morgan fingerprint density at radius 1 is 0.783 bits per heavy atom. The summed E-state index contributed by atoms with van der Waals surface area (Å²) in [6, 6.07) is 5.80. The highest BCUT2D eigenvalue weighted by atomic mass is 16.7. The van der Waals surface area contributed by atoms with Crippen LogP contribution in [0.3, 0.4) is 0 Å². The molecule has 2 unspecified atom stereocenters. The highest BCUT2D eigenvalue weighted by Crippen LogP contribution is 2.58. The Labute approximate surface area is 135 Å². The molecule has 0 aromatic heterocycles. The fourth-order valence-electron chi connectivity index (χ4n) is 3.60. The van der Waals surface area contributed by atoms with E-state index in [1.165, 1.54) is 0 Å². The molecule has 0 fully saturated rings. The molecule has 2 bridgehead atoms. The Kier molecular flexibility index (Phi) is 4.20. The molecule has 2 atom stereocenters. The summed E-state index contributed by atoms with van der Waals surface area (Å²) in [5.74, 6) is 0.736. The molecule has 0 saturated carbocycles. The summed E-state index contributed by atoms with van der Waals surface area (Å²) in [7, 11) is 7.98. The van der Waals surface area contributed by atoms with Crippen molar-refractivity contribution in [2.45, 2.75) is 23.8 Å². The molecule has 2 aliphatic rings. The Hall–Kier alpha value is -1.44. The summed E-state index contributed by atoms with van der Waals surface area (Å²) in [5.41, 5.74) is 0.157. The predicted molar refractivity (Wildman–Crippen MR) is 82.2 cm³/mol. The number of hydrogen-bond acceptors (Lipinski definition) is 6. The van der Waals surface area contributed by atoms with E-state index in [2.05, 4.69) is 0 Å². The third kappa shape index (κ3) is 2.07. The molecular formula is C17H22O6.